The Labute approximate surface area is 174 Å². The summed E-state index contributed by atoms with van der Waals surface area (Å²) < 4.78 is 1.73. The molecule has 1 amide bonds. The molecule has 2 aliphatic heterocycles. The number of fused-ring (bicyclic) bond motifs is 1. The van der Waals surface area contributed by atoms with E-state index in [4.69, 9.17) is 0 Å². The highest BCUT2D eigenvalue weighted by molar-refractivity contribution is 5.92. The highest BCUT2D eigenvalue weighted by Gasteiger charge is 2.53. The zero-order chi connectivity index (χ0) is 20.7. The fourth-order valence-electron chi connectivity index (χ4n) is 4.56. The predicted molar refractivity (Wildman–Crippen MR) is 109 cm³/mol. The van der Waals surface area contributed by atoms with Gasteiger partial charge < -0.3 is 14.9 Å². The van der Waals surface area contributed by atoms with Gasteiger partial charge in [-0.25, -0.2) is 14.6 Å². The molecule has 0 spiro atoms. The first kappa shape index (κ1) is 18.7. The average molecular weight is 405 g/mol. The van der Waals surface area contributed by atoms with Crippen molar-refractivity contribution in [3.63, 3.8) is 0 Å². The van der Waals surface area contributed by atoms with Crippen LogP contribution in [-0.4, -0.2) is 73.4 Å². The van der Waals surface area contributed by atoms with Crippen LogP contribution in [0.3, 0.4) is 0 Å². The predicted octanol–water partition coefficient (Wildman–Crippen LogP) is 0.937. The van der Waals surface area contributed by atoms with Gasteiger partial charge in [0.05, 0.1) is 12.8 Å². The molecule has 0 saturated carbocycles. The van der Waals surface area contributed by atoms with Crippen molar-refractivity contribution in [1.82, 2.24) is 29.6 Å². The highest BCUT2D eigenvalue weighted by atomic mass is 16.3. The first-order valence-corrected chi connectivity index (χ1v) is 9.98. The molecular formula is C21H23N7O2. The zero-order valence-corrected chi connectivity index (χ0v) is 16.7. The number of aliphatic hydroxyl groups is 1. The molecule has 2 atom stereocenters. The zero-order valence-electron chi connectivity index (χ0n) is 16.7. The number of anilines is 1. The van der Waals surface area contributed by atoms with E-state index in [0.717, 1.165) is 17.9 Å². The van der Waals surface area contributed by atoms with E-state index in [1.807, 2.05) is 30.2 Å². The van der Waals surface area contributed by atoms with Gasteiger partial charge in [-0.05, 0) is 24.6 Å². The number of amides is 1. The van der Waals surface area contributed by atoms with Crippen LogP contribution in [0.25, 0.3) is 5.82 Å². The van der Waals surface area contributed by atoms with Crippen LogP contribution >= 0.6 is 0 Å². The lowest BCUT2D eigenvalue weighted by Gasteiger charge is -2.27. The van der Waals surface area contributed by atoms with Gasteiger partial charge in [-0.15, -0.1) is 0 Å². The topological polar surface area (TPSA) is 100 Å². The number of rotatable bonds is 4. The Kier molecular flexibility index (Phi) is 4.47. The Morgan fingerprint density at radius 1 is 1.20 bits per heavy atom. The molecule has 3 aromatic rings. The molecule has 9 nitrogen and oxygen atoms in total. The molecule has 5 rings (SSSR count). The lowest BCUT2D eigenvalue weighted by Crippen LogP contribution is -2.39. The van der Waals surface area contributed by atoms with E-state index >= 15 is 0 Å². The molecular weight excluding hydrogens is 382 g/mol. The third kappa shape index (κ3) is 3.11. The fourth-order valence-corrected chi connectivity index (χ4v) is 4.56. The van der Waals surface area contributed by atoms with E-state index in [9.17, 15) is 9.90 Å². The molecule has 0 bridgehead atoms. The number of pyridine rings is 1. The number of carbonyl (C=O) groups excluding carboxylic acids is 1. The summed E-state index contributed by atoms with van der Waals surface area (Å²) in [5, 5.41) is 14.6. The molecule has 2 saturated heterocycles. The largest absolute Gasteiger partial charge is 0.396 e. The van der Waals surface area contributed by atoms with Crippen molar-refractivity contribution in [2.45, 2.75) is 6.92 Å². The van der Waals surface area contributed by atoms with E-state index in [1.54, 1.807) is 29.2 Å². The van der Waals surface area contributed by atoms with E-state index in [2.05, 4.69) is 25.0 Å². The maximum atomic E-state index is 12.8. The van der Waals surface area contributed by atoms with Crippen molar-refractivity contribution in [2.75, 3.05) is 37.7 Å². The number of carbonyl (C=O) groups is 1. The maximum absolute atomic E-state index is 12.8. The van der Waals surface area contributed by atoms with E-state index in [1.165, 1.54) is 6.33 Å². The van der Waals surface area contributed by atoms with Crippen LogP contribution in [0.15, 0.2) is 49.2 Å². The normalized spacial score (nSPS) is 23.1. The molecule has 3 aromatic heterocycles. The second-order valence-corrected chi connectivity index (χ2v) is 8.20. The van der Waals surface area contributed by atoms with Gasteiger partial charge in [0, 0.05) is 56.0 Å². The first-order valence-electron chi connectivity index (χ1n) is 9.98. The van der Waals surface area contributed by atoms with Crippen molar-refractivity contribution in [3.8, 4) is 5.82 Å². The molecule has 0 unspecified atom stereocenters. The third-order valence-electron chi connectivity index (χ3n) is 6.15. The smallest absolute Gasteiger partial charge is 0.272 e. The Bertz CT molecular complexity index is 1070. The monoisotopic (exact) mass is 405 g/mol. The molecule has 2 fully saturated rings. The number of aliphatic hydroxyl groups excluding tert-OH is 1. The highest BCUT2D eigenvalue weighted by Crippen LogP contribution is 2.43. The first-order chi connectivity index (χ1) is 14.6. The summed E-state index contributed by atoms with van der Waals surface area (Å²) >= 11 is 0. The minimum atomic E-state index is -0.363. The molecule has 1 N–H and O–H groups in total. The minimum absolute atomic E-state index is 0.0243. The number of nitrogens with zero attached hydrogens (tertiary/aromatic N) is 7. The molecule has 2 aliphatic rings. The molecule has 5 heterocycles. The summed E-state index contributed by atoms with van der Waals surface area (Å²) in [6.07, 6.45) is 6.87. The third-order valence-corrected chi connectivity index (χ3v) is 6.15. The second kappa shape index (κ2) is 7.17. The average Bonchev–Trinajstić information content (AvgIpc) is 3.46. The van der Waals surface area contributed by atoms with Gasteiger partial charge in [0.2, 0.25) is 0 Å². The van der Waals surface area contributed by atoms with E-state index < -0.39 is 0 Å². The van der Waals surface area contributed by atoms with Gasteiger partial charge in [0.15, 0.2) is 5.82 Å². The van der Waals surface area contributed by atoms with Gasteiger partial charge in [-0.1, -0.05) is 6.07 Å². The molecule has 0 aliphatic carbocycles. The van der Waals surface area contributed by atoms with Crippen molar-refractivity contribution >= 4 is 11.7 Å². The number of aromatic nitrogens is 5. The van der Waals surface area contributed by atoms with Crippen molar-refractivity contribution in [3.05, 3.63) is 60.4 Å². The lowest BCUT2D eigenvalue weighted by atomic mass is 9.82. The van der Waals surface area contributed by atoms with Gasteiger partial charge in [0.1, 0.15) is 17.8 Å². The maximum Gasteiger partial charge on any atom is 0.272 e. The summed E-state index contributed by atoms with van der Waals surface area (Å²) in [5.41, 5.74) is 1.14. The number of hydrogen-bond acceptors (Lipinski definition) is 7. The second-order valence-electron chi connectivity index (χ2n) is 8.20. The summed E-state index contributed by atoms with van der Waals surface area (Å²) in [5.74, 6) is 1.59. The van der Waals surface area contributed by atoms with Crippen LogP contribution in [0.2, 0.25) is 0 Å². The van der Waals surface area contributed by atoms with Crippen LogP contribution in [0.1, 0.15) is 16.1 Å². The Balaban J connectivity index is 1.35. The van der Waals surface area contributed by atoms with Crippen LogP contribution in [0.4, 0.5) is 5.82 Å². The van der Waals surface area contributed by atoms with Crippen LogP contribution < -0.4 is 4.90 Å². The van der Waals surface area contributed by atoms with E-state index in [0.29, 0.717) is 31.1 Å². The number of likely N-dealkylation sites (tertiary alicyclic amines) is 1. The van der Waals surface area contributed by atoms with Crippen LogP contribution in [-0.2, 0) is 0 Å². The summed E-state index contributed by atoms with van der Waals surface area (Å²) in [4.78, 5) is 29.8. The molecule has 154 valence electrons. The van der Waals surface area contributed by atoms with Crippen LogP contribution in [0, 0.1) is 18.3 Å². The summed E-state index contributed by atoms with van der Waals surface area (Å²) in [7, 11) is 0. The van der Waals surface area contributed by atoms with Gasteiger partial charge in [-0.2, -0.15) is 5.10 Å². The van der Waals surface area contributed by atoms with Crippen molar-refractivity contribution in [2.24, 2.45) is 11.3 Å². The number of hydrogen-bond donors (Lipinski definition) is 1. The Morgan fingerprint density at radius 3 is 2.77 bits per heavy atom. The molecule has 0 radical (unpaired) electrons. The molecule has 30 heavy (non-hydrogen) atoms. The van der Waals surface area contributed by atoms with Crippen molar-refractivity contribution < 1.29 is 9.90 Å². The quantitative estimate of drug-likeness (QED) is 0.689. The minimum Gasteiger partial charge on any atom is -0.396 e. The molecule has 9 heteroatoms. The lowest BCUT2D eigenvalue weighted by molar-refractivity contribution is 0.0742. The van der Waals surface area contributed by atoms with Gasteiger partial charge >= 0.3 is 0 Å². The SMILES string of the molecule is Cc1cnn(-c2cc(N3C[C@H]4CN(C(=O)c5ccccn5)C[C@@]4(CO)C3)ncn2)c1. The standard InChI is InChI=1S/C21H23N7O2/c1-15-7-25-28(8-15)19-6-18(23-14-24-19)26-9-16-10-27(12-21(16,11-26)13-29)20(30)17-4-2-3-5-22-17/h2-8,14,16,29H,9-13H2,1H3/t16-,21+/m0/s1. The van der Waals surface area contributed by atoms with Crippen LogP contribution in [0.5, 0.6) is 0 Å². The summed E-state index contributed by atoms with van der Waals surface area (Å²) in [6, 6.07) is 7.25. The van der Waals surface area contributed by atoms with Gasteiger partial charge in [0.25, 0.3) is 5.91 Å². The fraction of sp³-hybridized carbons (Fsp3) is 0.381. The summed E-state index contributed by atoms with van der Waals surface area (Å²) in [6.45, 7) is 4.47. The Morgan fingerprint density at radius 2 is 2.07 bits per heavy atom. The van der Waals surface area contributed by atoms with E-state index in [-0.39, 0.29) is 23.8 Å². The van der Waals surface area contributed by atoms with Crippen molar-refractivity contribution in [1.29, 1.82) is 0 Å². The van der Waals surface area contributed by atoms with Gasteiger partial charge in [-0.3, -0.25) is 9.78 Å². The Hall–Kier alpha value is -3.33. The molecule has 0 aromatic carbocycles. The number of aryl methyl sites for hydroxylation is 1.